The van der Waals surface area contributed by atoms with Gasteiger partial charge in [-0.25, -0.2) is 9.59 Å². The summed E-state index contributed by atoms with van der Waals surface area (Å²) >= 11 is 0. The number of unbranched alkanes of at least 4 members (excludes halogenated alkanes) is 1. The third-order valence-electron chi connectivity index (χ3n) is 2.82. The zero-order valence-corrected chi connectivity index (χ0v) is 13.9. The van der Waals surface area contributed by atoms with Crippen LogP contribution < -0.4 is 10.6 Å². The molecule has 0 bridgehead atoms. The second-order valence-electron chi connectivity index (χ2n) is 4.68. The van der Waals surface area contributed by atoms with Gasteiger partial charge in [-0.1, -0.05) is 25.5 Å². The van der Waals surface area contributed by atoms with Crippen LogP contribution in [0, 0.1) is 0 Å². The average molecular weight is 340 g/mol. The van der Waals surface area contributed by atoms with Crippen molar-refractivity contribution in [1.29, 1.82) is 0 Å². The van der Waals surface area contributed by atoms with Gasteiger partial charge in [0.2, 0.25) is 0 Å². The Balaban J connectivity index is 2.49. The van der Waals surface area contributed by atoms with E-state index in [9.17, 15) is 18.6 Å². The zero-order chi connectivity index (χ0) is 17.2. The SMILES string of the molecule is CCCCNC(=O)NC(=O)COC(=O)c1ccccc1[S@@](C)=O. The minimum absolute atomic E-state index is 0.133. The fourth-order valence-electron chi connectivity index (χ4n) is 1.68. The molecule has 3 amide bonds. The first-order chi connectivity index (χ1) is 11.0. The molecule has 0 aromatic heterocycles. The van der Waals surface area contributed by atoms with Gasteiger partial charge in [0.15, 0.2) is 6.61 Å². The molecule has 0 saturated carbocycles. The van der Waals surface area contributed by atoms with E-state index in [4.69, 9.17) is 4.74 Å². The number of hydrogen-bond donors (Lipinski definition) is 2. The van der Waals surface area contributed by atoms with E-state index in [1.807, 2.05) is 6.92 Å². The first kappa shape index (κ1) is 18.8. The maximum atomic E-state index is 11.9. The lowest BCUT2D eigenvalue weighted by Crippen LogP contribution is -2.41. The summed E-state index contributed by atoms with van der Waals surface area (Å²) in [6.45, 7) is 1.85. The van der Waals surface area contributed by atoms with Gasteiger partial charge < -0.3 is 10.1 Å². The molecule has 0 radical (unpaired) electrons. The van der Waals surface area contributed by atoms with E-state index < -0.39 is 35.3 Å². The van der Waals surface area contributed by atoms with Crippen LogP contribution in [0.2, 0.25) is 0 Å². The molecule has 0 aliphatic carbocycles. The molecule has 0 fully saturated rings. The molecule has 0 unspecified atom stereocenters. The maximum Gasteiger partial charge on any atom is 0.339 e. The van der Waals surface area contributed by atoms with Crippen LogP contribution in [-0.4, -0.2) is 41.5 Å². The van der Waals surface area contributed by atoms with Crippen molar-refractivity contribution < 1.29 is 23.3 Å². The van der Waals surface area contributed by atoms with E-state index in [-0.39, 0.29) is 5.56 Å². The van der Waals surface area contributed by atoms with Crippen molar-refractivity contribution in [3.63, 3.8) is 0 Å². The predicted molar refractivity (Wildman–Crippen MR) is 85.5 cm³/mol. The van der Waals surface area contributed by atoms with E-state index in [1.54, 1.807) is 18.2 Å². The molecular formula is C15H20N2O5S. The van der Waals surface area contributed by atoms with Crippen molar-refractivity contribution in [2.24, 2.45) is 0 Å². The van der Waals surface area contributed by atoms with Gasteiger partial charge in [0.25, 0.3) is 5.91 Å². The molecular weight excluding hydrogens is 320 g/mol. The van der Waals surface area contributed by atoms with Crippen molar-refractivity contribution in [2.45, 2.75) is 24.7 Å². The van der Waals surface area contributed by atoms with Gasteiger partial charge in [0, 0.05) is 12.8 Å². The van der Waals surface area contributed by atoms with Gasteiger partial charge in [-0.05, 0) is 18.6 Å². The first-order valence-corrected chi connectivity index (χ1v) is 8.68. The number of carbonyl (C=O) groups is 3. The minimum atomic E-state index is -1.35. The summed E-state index contributed by atoms with van der Waals surface area (Å²) in [7, 11) is -1.35. The van der Waals surface area contributed by atoms with E-state index in [2.05, 4.69) is 10.6 Å². The van der Waals surface area contributed by atoms with Crippen LogP contribution in [-0.2, 0) is 20.3 Å². The van der Waals surface area contributed by atoms with Crippen molar-refractivity contribution >= 4 is 28.7 Å². The number of urea groups is 1. The van der Waals surface area contributed by atoms with Crippen LogP contribution in [0.25, 0.3) is 0 Å². The summed E-state index contributed by atoms with van der Waals surface area (Å²) in [4.78, 5) is 35.2. The normalized spacial score (nSPS) is 11.4. The van der Waals surface area contributed by atoms with Gasteiger partial charge >= 0.3 is 12.0 Å². The Morgan fingerprint density at radius 3 is 2.57 bits per heavy atom. The summed E-state index contributed by atoms with van der Waals surface area (Å²) in [6, 6.07) is 5.65. The molecule has 2 N–H and O–H groups in total. The molecule has 1 aromatic rings. The molecule has 1 aromatic carbocycles. The first-order valence-electron chi connectivity index (χ1n) is 7.13. The Morgan fingerprint density at radius 2 is 1.91 bits per heavy atom. The monoisotopic (exact) mass is 340 g/mol. The molecule has 0 spiro atoms. The molecule has 0 heterocycles. The lowest BCUT2D eigenvalue weighted by Gasteiger charge is -2.08. The van der Waals surface area contributed by atoms with E-state index in [0.717, 1.165) is 12.8 Å². The lowest BCUT2D eigenvalue weighted by atomic mass is 10.2. The highest BCUT2D eigenvalue weighted by Gasteiger charge is 2.16. The molecule has 0 aliphatic heterocycles. The van der Waals surface area contributed by atoms with E-state index in [1.165, 1.54) is 12.3 Å². The number of benzene rings is 1. The zero-order valence-electron chi connectivity index (χ0n) is 13.1. The fraction of sp³-hybridized carbons (Fsp3) is 0.400. The predicted octanol–water partition coefficient (Wildman–Crippen LogP) is 1.21. The Labute approximate surface area is 137 Å². The number of amides is 3. The number of nitrogens with one attached hydrogen (secondary N) is 2. The Morgan fingerprint density at radius 1 is 1.22 bits per heavy atom. The molecule has 126 valence electrons. The maximum absolute atomic E-state index is 11.9. The second-order valence-corrected chi connectivity index (χ2v) is 6.03. The molecule has 1 atom stereocenters. The van der Waals surface area contributed by atoms with Crippen LogP contribution in [0.4, 0.5) is 4.79 Å². The number of imide groups is 1. The Bertz CT molecular complexity index is 603. The number of carbonyl (C=O) groups excluding carboxylic acids is 3. The largest absolute Gasteiger partial charge is 0.452 e. The topological polar surface area (TPSA) is 102 Å². The van der Waals surface area contributed by atoms with Gasteiger partial charge in [-0.15, -0.1) is 0 Å². The van der Waals surface area contributed by atoms with Gasteiger partial charge in [-0.2, -0.15) is 0 Å². The van der Waals surface area contributed by atoms with Gasteiger partial charge in [0.1, 0.15) is 0 Å². The smallest absolute Gasteiger partial charge is 0.339 e. The van der Waals surface area contributed by atoms with Crippen molar-refractivity contribution in [3.8, 4) is 0 Å². The number of ether oxygens (including phenoxy) is 1. The van der Waals surface area contributed by atoms with Gasteiger partial charge in [0.05, 0.1) is 21.3 Å². The fourth-order valence-corrected chi connectivity index (χ4v) is 2.41. The van der Waals surface area contributed by atoms with Crippen LogP contribution in [0.3, 0.4) is 0 Å². The van der Waals surface area contributed by atoms with Crippen molar-refractivity contribution in [2.75, 3.05) is 19.4 Å². The number of hydrogen-bond acceptors (Lipinski definition) is 5. The van der Waals surface area contributed by atoms with Crippen LogP contribution >= 0.6 is 0 Å². The lowest BCUT2D eigenvalue weighted by molar-refractivity contribution is -0.123. The highest BCUT2D eigenvalue weighted by atomic mass is 32.2. The summed E-state index contributed by atoms with van der Waals surface area (Å²) < 4.78 is 16.4. The van der Waals surface area contributed by atoms with Crippen LogP contribution in [0.15, 0.2) is 29.2 Å². The van der Waals surface area contributed by atoms with Crippen LogP contribution in [0.5, 0.6) is 0 Å². The Kier molecular flexibility index (Phi) is 7.96. The molecule has 1 rings (SSSR count). The van der Waals surface area contributed by atoms with Crippen molar-refractivity contribution in [3.05, 3.63) is 29.8 Å². The van der Waals surface area contributed by atoms with Gasteiger partial charge in [-0.3, -0.25) is 14.3 Å². The summed E-state index contributed by atoms with van der Waals surface area (Å²) in [5.74, 6) is -1.50. The third-order valence-corrected chi connectivity index (χ3v) is 3.80. The standard InChI is InChI=1S/C15H20N2O5S/c1-3-4-9-16-15(20)17-13(18)10-22-14(19)11-7-5-6-8-12(11)23(2)21/h5-8H,3-4,9-10H2,1-2H3,(H2,16,17,18,20)/t23-/m1/s1. The van der Waals surface area contributed by atoms with Crippen LogP contribution in [0.1, 0.15) is 30.1 Å². The number of esters is 1. The van der Waals surface area contributed by atoms with E-state index in [0.29, 0.717) is 11.4 Å². The Hall–Kier alpha value is -2.22. The highest BCUT2D eigenvalue weighted by Crippen LogP contribution is 2.13. The second kappa shape index (κ2) is 9.73. The average Bonchev–Trinajstić information content (AvgIpc) is 2.52. The molecule has 0 aliphatic rings. The molecule has 7 nitrogen and oxygen atoms in total. The van der Waals surface area contributed by atoms with E-state index >= 15 is 0 Å². The summed E-state index contributed by atoms with van der Waals surface area (Å²) in [5.41, 5.74) is 0.133. The minimum Gasteiger partial charge on any atom is -0.452 e. The third kappa shape index (κ3) is 6.60. The van der Waals surface area contributed by atoms with Crippen molar-refractivity contribution in [1.82, 2.24) is 10.6 Å². The molecule has 0 saturated heterocycles. The quantitative estimate of drug-likeness (QED) is 0.574. The summed E-state index contributed by atoms with van der Waals surface area (Å²) in [6.07, 6.45) is 3.17. The number of rotatable bonds is 7. The highest BCUT2D eigenvalue weighted by molar-refractivity contribution is 7.84. The molecule has 23 heavy (non-hydrogen) atoms. The summed E-state index contributed by atoms with van der Waals surface area (Å²) in [5, 5.41) is 4.56. The molecule has 8 heteroatoms.